The van der Waals surface area contributed by atoms with Crippen molar-refractivity contribution >= 4 is 5.97 Å². The van der Waals surface area contributed by atoms with E-state index in [1.165, 1.54) is 0 Å². The summed E-state index contributed by atoms with van der Waals surface area (Å²) in [6.45, 7) is 0. The monoisotopic (exact) mass is 224 g/mol. The van der Waals surface area contributed by atoms with Gasteiger partial charge in [-0.05, 0) is 6.07 Å². The van der Waals surface area contributed by atoms with Crippen molar-refractivity contribution in [2.75, 3.05) is 0 Å². The van der Waals surface area contributed by atoms with Gasteiger partial charge in [-0.3, -0.25) is 0 Å². The average Bonchev–Trinajstić information content (AvgIpc) is 2.07. The first-order valence-electron chi connectivity index (χ1n) is 3.13. The molecule has 6 nitrogen and oxygen atoms in total. The molecule has 0 bridgehead atoms. The fourth-order valence-electron chi connectivity index (χ4n) is 0.790. The first kappa shape index (κ1) is 13.5. The zero-order valence-electron chi connectivity index (χ0n) is 7.18. The second-order valence-electron chi connectivity index (χ2n) is 2.28. The molecule has 4 N–H and O–H groups in total. The summed E-state index contributed by atoms with van der Waals surface area (Å²) in [4.78, 5) is 10.3. The van der Waals surface area contributed by atoms with E-state index < -0.39 is 34.5 Å². The number of carbonyl (C=O) groups excluding carboxylic acids is 1. The molecule has 0 aliphatic carbocycles. The smallest absolute Gasteiger partial charge is 0.545 e. The van der Waals surface area contributed by atoms with Gasteiger partial charge in [0.15, 0.2) is 11.5 Å². The molecule has 1 aromatic rings. The molecule has 70 valence electrons. The summed E-state index contributed by atoms with van der Waals surface area (Å²) in [6.07, 6.45) is 0. The number of hydrogen-bond acceptors (Lipinski definition) is 6. The Morgan fingerprint density at radius 1 is 1.07 bits per heavy atom. The number of carboxylic acid groups (broad SMARTS) is 1. The molecule has 7 heteroatoms. The Balaban J connectivity index is 0.00000169. The van der Waals surface area contributed by atoms with E-state index in [4.69, 9.17) is 20.4 Å². The molecule has 0 fully saturated rings. The van der Waals surface area contributed by atoms with Crippen LogP contribution in [0.1, 0.15) is 10.4 Å². The predicted molar refractivity (Wildman–Crippen MR) is 37.4 cm³/mol. The topological polar surface area (TPSA) is 121 Å². The number of hydrogen-bond donors (Lipinski definition) is 4. The van der Waals surface area contributed by atoms with Crippen LogP contribution in [0.3, 0.4) is 0 Å². The van der Waals surface area contributed by atoms with E-state index in [-0.39, 0.29) is 51.4 Å². The van der Waals surface area contributed by atoms with Crippen molar-refractivity contribution in [2.45, 2.75) is 0 Å². The molecule has 0 aliphatic heterocycles. The van der Waals surface area contributed by atoms with Crippen LogP contribution >= 0.6 is 0 Å². The zero-order chi connectivity index (χ0) is 10.2. The maximum absolute atomic E-state index is 10.3. The molecule has 0 heterocycles. The van der Waals surface area contributed by atoms with Crippen molar-refractivity contribution < 1.29 is 81.7 Å². The molecular weight excluding hydrogens is 219 g/mol. The summed E-state index contributed by atoms with van der Waals surface area (Å²) >= 11 is 0. The number of rotatable bonds is 1. The Morgan fingerprint density at radius 2 is 1.57 bits per heavy atom. The fourth-order valence-corrected chi connectivity index (χ4v) is 0.790. The van der Waals surface area contributed by atoms with E-state index in [2.05, 4.69) is 0 Å². The standard InChI is InChI=1S/C7H6O6.K/c8-3-1-2(7(12)13)4(9)6(11)5(3)10;/h1,8-11H,(H,12,13);/q;+1/p-1. The summed E-state index contributed by atoms with van der Waals surface area (Å²) < 4.78 is 0. The number of aromatic hydroxyl groups is 4. The summed E-state index contributed by atoms with van der Waals surface area (Å²) in [5.74, 6) is -5.75. The largest absolute Gasteiger partial charge is 1.00 e. The SMILES string of the molecule is O=C([O-])c1cc(O)c(O)c(O)c1O.[K+]. The fraction of sp³-hybridized carbons (Fsp3) is 0. The molecule has 0 unspecified atom stereocenters. The van der Waals surface area contributed by atoms with E-state index in [9.17, 15) is 9.90 Å². The van der Waals surface area contributed by atoms with Crippen molar-refractivity contribution in [3.05, 3.63) is 11.6 Å². The van der Waals surface area contributed by atoms with Crippen molar-refractivity contribution in [1.82, 2.24) is 0 Å². The van der Waals surface area contributed by atoms with Crippen LogP contribution in [0.5, 0.6) is 23.0 Å². The molecule has 0 saturated heterocycles. The third-order valence-corrected chi connectivity index (χ3v) is 1.45. The summed E-state index contributed by atoms with van der Waals surface area (Å²) in [7, 11) is 0. The van der Waals surface area contributed by atoms with Gasteiger partial charge < -0.3 is 30.3 Å². The molecule has 0 amide bonds. The number of aromatic carboxylic acids is 1. The maximum Gasteiger partial charge on any atom is 1.00 e. The van der Waals surface area contributed by atoms with Crippen LogP contribution in [-0.4, -0.2) is 26.4 Å². The summed E-state index contributed by atoms with van der Waals surface area (Å²) in [5.41, 5.74) is -0.798. The number of benzene rings is 1. The minimum absolute atomic E-state index is 0. The van der Waals surface area contributed by atoms with Crippen molar-refractivity contribution in [3.63, 3.8) is 0 Å². The number of carbonyl (C=O) groups is 1. The molecular formula is C7H5KO6. The van der Waals surface area contributed by atoms with E-state index in [1.807, 2.05) is 0 Å². The molecule has 0 saturated carbocycles. The van der Waals surface area contributed by atoms with Crippen LogP contribution in [0, 0.1) is 0 Å². The molecule has 14 heavy (non-hydrogen) atoms. The van der Waals surface area contributed by atoms with E-state index in [0.29, 0.717) is 6.07 Å². The van der Waals surface area contributed by atoms with Gasteiger partial charge in [-0.15, -0.1) is 0 Å². The molecule has 0 aliphatic rings. The van der Waals surface area contributed by atoms with Crippen molar-refractivity contribution in [2.24, 2.45) is 0 Å². The molecule has 1 rings (SSSR count). The van der Waals surface area contributed by atoms with Crippen molar-refractivity contribution in [3.8, 4) is 23.0 Å². The third kappa shape index (κ3) is 2.31. The molecule has 1 aromatic carbocycles. The van der Waals surface area contributed by atoms with E-state index >= 15 is 0 Å². The van der Waals surface area contributed by atoms with Gasteiger partial charge in [-0.25, -0.2) is 0 Å². The van der Waals surface area contributed by atoms with Gasteiger partial charge in [-0.2, -0.15) is 0 Å². The Kier molecular flexibility index (Phi) is 4.68. The second-order valence-corrected chi connectivity index (χ2v) is 2.28. The van der Waals surface area contributed by atoms with E-state index in [1.54, 1.807) is 0 Å². The minimum Gasteiger partial charge on any atom is -0.545 e. The van der Waals surface area contributed by atoms with Crippen LogP contribution in [0.2, 0.25) is 0 Å². The Bertz CT molecular complexity index is 375. The van der Waals surface area contributed by atoms with Crippen molar-refractivity contribution in [1.29, 1.82) is 0 Å². The van der Waals surface area contributed by atoms with Gasteiger partial charge in [0.1, 0.15) is 0 Å². The second kappa shape index (κ2) is 4.85. The normalized spacial score (nSPS) is 9.14. The Morgan fingerprint density at radius 3 is 2.00 bits per heavy atom. The van der Waals surface area contributed by atoms with Crippen LogP contribution in [0.15, 0.2) is 6.07 Å². The maximum atomic E-state index is 10.3. The third-order valence-electron chi connectivity index (χ3n) is 1.45. The molecule has 0 spiro atoms. The Hall–Kier alpha value is -0.474. The quantitative estimate of drug-likeness (QED) is 0.218. The van der Waals surface area contributed by atoms with Gasteiger partial charge in [-0.1, -0.05) is 0 Å². The van der Waals surface area contributed by atoms with Crippen LogP contribution in [0.25, 0.3) is 0 Å². The summed E-state index contributed by atoms with van der Waals surface area (Å²) in [5, 5.41) is 45.7. The van der Waals surface area contributed by atoms with Crippen LogP contribution < -0.4 is 56.5 Å². The number of phenolic OH excluding ortho intramolecular Hbond substituents is 3. The zero-order valence-corrected chi connectivity index (χ0v) is 10.3. The van der Waals surface area contributed by atoms with Crippen LogP contribution in [-0.2, 0) is 0 Å². The van der Waals surface area contributed by atoms with E-state index in [0.717, 1.165) is 0 Å². The van der Waals surface area contributed by atoms with Crippen LogP contribution in [0.4, 0.5) is 0 Å². The Labute approximate surface area is 121 Å². The average molecular weight is 224 g/mol. The predicted octanol–water partition coefficient (Wildman–Crippen LogP) is -4.12. The first-order chi connectivity index (χ1) is 5.95. The minimum atomic E-state index is -1.77. The van der Waals surface area contributed by atoms with Gasteiger partial charge >= 0.3 is 51.4 Å². The van der Waals surface area contributed by atoms with Gasteiger partial charge in [0, 0.05) is 5.56 Å². The first-order valence-corrected chi connectivity index (χ1v) is 3.13. The summed E-state index contributed by atoms with van der Waals surface area (Å²) in [6, 6.07) is 0.569. The van der Waals surface area contributed by atoms with Gasteiger partial charge in [0.25, 0.3) is 0 Å². The number of carboxylic acids is 1. The molecule has 0 aromatic heterocycles. The molecule has 0 radical (unpaired) electrons. The van der Waals surface area contributed by atoms with Gasteiger partial charge in [0.2, 0.25) is 11.5 Å². The number of phenols is 4. The van der Waals surface area contributed by atoms with Gasteiger partial charge in [0.05, 0.1) is 5.97 Å². The molecule has 0 atom stereocenters.